The minimum Gasteiger partial charge on any atom is -0.493 e. The van der Waals surface area contributed by atoms with Crippen molar-refractivity contribution < 1.29 is 34.7 Å². The van der Waals surface area contributed by atoms with Gasteiger partial charge in [0.1, 0.15) is 24.9 Å². The van der Waals surface area contributed by atoms with Crippen molar-refractivity contribution in [3.05, 3.63) is 58.9 Å². The molecule has 4 heterocycles. The molecule has 1 aliphatic rings. The molecule has 3 aromatic heterocycles. The lowest BCUT2D eigenvalue weighted by Gasteiger charge is -2.17. The van der Waals surface area contributed by atoms with Crippen molar-refractivity contribution in [2.24, 2.45) is 7.05 Å². The minimum atomic E-state index is -0.750. The Hall–Kier alpha value is -3.96. The van der Waals surface area contributed by atoms with Crippen LogP contribution in [0.5, 0.6) is 5.75 Å². The Bertz CT molecular complexity index is 1570. The number of alkyl halides is 2. The topological polar surface area (TPSA) is 141 Å². The van der Waals surface area contributed by atoms with Crippen LogP contribution in [0.3, 0.4) is 0 Å². The number of hydrogen-bond acceptors (Lipinski definition) is 10. The van der Waals surface area contributed by atoms with E-state index in [0.717, 1.165) is 22.5 Å². The molecule has 0 aliphatic carbocycles. The molecule has 0 spiro atoms. The van der Waals surface area contributed by atoms with Crippen LogP contribution in [0.15, 0.2) is 30.6 Å². The van der Waals surface area contributed by atoms with Crippen molar-refractivity contribution in [2.75, 3.05) is 38.4 Å². The van der Waals surface area contributed by atoms with Crippen molar-refractivity contribution in [1.29, 1.82) is 0 Å². The molecule has 1 N–H and O–H groups in total. The molecule has 5 rings (SSSR count). The molecular weight excluding hydrogens is 599 g/mol. The molecule has 0 saturated heterocycles. The quantitative estimate of drug-likeness (QED) is 0.279. The third-order valence-corrected chi connectivity index (χ3v) is 6.37. The third-order valence-electron chi connectivity index (χ3n) is 6.37. The van der Waals surface area contributed by atoms with Crippen LogP contribution in [0.2, 0.25) is 0 Å². The van der Waals surface area contributed by atoms with E-state index in [1.54, 1.807) is 32.4 Å². The Morgan fingerprint density at radius 3 is 2.43 bits per heavy atom. The second-order valence-electron chi connectivity index (χ2n) is 8.96. The molecule has 17 heteroatoms. The van der Waals surface area contributed by atoms with Crippen LogP contribution in [-0.4, -0.2) is 78.9 Å². The van der Waals surface area contributed by atoms with Gasteiger partial charge < -0.3 is 10.1 Å². The summed E-state index contributed by atoms with van der Waals surface area (Å²) in [6, 6.07) is 5.02. The third kappa shape index (κ3) is 7.86. The summed E-state index contributed by atoms with van der Waals surface area (Å²) in [5.74, 6) is 0.883. The number of anilines is 1. The van der Waals surface area contributed by atoms with E-state index in [0.29, 0.717) is 41.6 Å². The second-order valence-corrected chi connectivity index (χ2v) is 9.23. The van der Waals surface area contributed by atoms with Crippen LogP contribution in [0, 0.1) is 12.7 Å². The largest absolute Gasteiger partial charge is 0.493 e. The Kier molecular flexibility index (Phi) is 12.3. The first kappa shape index (κ1) is 32.6. The van der Waals surface area contributed by atoms with E-state index in [1.165, 1.54) is 6.07 Å². The van der Waals surface area contributed by atoms with Crippen molar-refractivity contribution in [2.45, 2.75) is 26.4 Å². The van der Waals surface area contributed by atoms with Gasteiger partial charge in [-0.1, -0.05) is 0 Å². The number of ether oxygens (including phenoxy) is 1. The summed E-state index contributed by atoms with van der Waals surface area (Å²) >= 11 is -1.50. The Labute approximate surface area is 246 Å². The molecule has 0 bridgehead atoms. The molecule has 12 nitrogen and oxygen atoms in total. The van der Waals surface area contributed by atoms with E-state index in [9.17, 15) is 13.2 Å². The molecule has 1 aliphatic heterocycles. The number of aryl methyl sites for hydroxylation is 2. The highest BCUT2D eigenvalue weighted by Crippen LogP contribution is 2.31. The normalized spacial score (nSPS) is 11.7. The van der Waals surface area contributed by atoms with Crippen molar-refractivity contribution >= 4 is 34.7 Å². The van der Waals surface area contributed by atoms with Crippen molar-refractivity contribution in [3.8, 4) is 17.0 Å². The Morgan fingerprint density at radius 1 is 1.12 bits per heavy atom. The fourth-order valence-electron chi connectivity index (χ4n) is 4.69. The zero-order chi connectivity index (χ0) is 30.6. The fourth-order valence-corrected chi connectivity index (χ4v) is 4.69. The molecule has 1 aromatic carbocycles. The van der Waals surface area contributed by atoms with E-state index in [2.05, 4.69) is 15.4 Å². The fraction of sp³-hybridized carbons (Fsp3) is 0.400. The van der Waals surface area contributed by atoms with Crippen molar-refractivity contribution in [3.63, 3.8) is 0 Å². The summed E-state index contributed by atoms with van der Waals surface area (Å²) in [5, 5.41) is 7.68. The number of benzene rings is 1. The maximum atomic E-state index is 14.7. The Morgan fingerprint density at radius 2 is 1.81 bits per heavy atom. The SMILES string of the molecule is Cc1cc(-c2cnc(NCc3c(F)ccc4c3CCO4)n3cc(CN(CCF)CCF)nc23)n(C)n1.O=S=O.O=S=O. The van der Waals surface area contributed by atoms with Gasteiger partial charge in [0.15, 0.2) is 5.65 Å². The molecule has 0 amide bonds. The first-order chi connectivity index (χ1) is 20.3. The van der Waals surface area contributed by atoms with E-state index in [4.69, 9.17) is 26.6 Å². The zero-order valence-electron chi connectivity index (χ0n) is 22.7. The summed E-state index contributed by atoms with van der Waals surface area (Å²) in [6.07, 6.45) is 4.16. The van der Waals surface area contributed by atoms with Crippen LogP contribution < -0.4 is 10.1 Å². The summed E-state index contributed by atoms with van der Waals surface area (Å²) in [4.78, 5) is 11.1. The van der Waals surface area contributed by atoms with Gasteiger partial charge >= 0.3 is 23.1 Å². The number of halogens is 3. The standard InChI is InChI=1S/C25H28F3N7O.2O2S/c1-16-11-22(33(2)32-16)20-13-30-25(29-12-19-18-5-10-36-23(18)4-3-21(19)28)35-15-17(31-24(20)35)14-34(8-6-26)9-7-27;2*1-3-2/h3-4,11,13,15H,5-10,12,14H2,1-2H3,(H,29,30);;. The zero-order valence-corrected chi connectivity index (χ0v) is 24.4. The summed E-state index contributed by atoms with van der Waals surface area (Å²) in [7, 11) is 1.85. The molecule has 4 aromatic rings. The predicted molar refractivity (Wildman–Crippen MR) is 148 cm³/mol. The van der Waals surface area contributed by atoms with Gasteiger partial charge in [-0.15, -0.1) is 0 Å². The van der Waals surface area contributed by atoms with E-state index < -0.39 is 36.5 Å². The number of nitrogens with one attached hydrogen (secondary N) is 1. The maximum Gasteiger partial charge on any atom is 0.335 e. The molecule has 0 atom stereocenters. The average molecular weight is 628 g/mol. The molecular formula is C25H28F3N7O5S2. The molecule has 42 heavy (non-hydrogen) atoms. The molecule has 226 valence electrons. The van der Waals surface area contributed by atoms with Gasteiger partial charge in [0.05, 0.1) is 29.3 Å². The molecule has 0 saturated carbocycles. The van der Waals surface area contributed by atoms with Crippen LogP contribution >= 0.6 is 0 Å². The van der Waals surface area contributed by atoms with E-state index in [-0.39, 0.29) is 32.0 Å². The maximum absolute atomic E-state index is 14.7. The number of imidazole rings is 1. The van der Waals surface area contributed by atoms with Crippen LogP contribution in [0.25, 0.3) is 16.9 Å². The smallest absolute Gasteiger partial charge is 0.335 e. The van der Waals surface area contributed by atoms with Gasteiger partial charge in [0.25, 0.3) is 0 Å². The minimum absolute atomic E-state index is 0.120. The van der Waals surface area contributed by atoms with Gasteiger partial charge in [0, 0.05) is 63.2 Å². The van der Waals surface area contributed by atoms with Gasteiger partial charge in [-0.3, -0.25) is 14.0 Å². The number of aromatic nitrogens is 5. The van der Waals surface area contributed by atoms with E-state index in [1.807, 2.05) is 20.0 Å². The summed E-state index contributed by atoms with van der Waals surface area (Å²) < 4.78 is 83.0. The highest BCUT2D eigenvalue weighted by Gasteiger charge is 2.21. The number of nitrogens with zero attached hydrogens (tertiary/aromatic N) is 6. The van der Waals surface area contributed by atoms with Gasteiger partial charge in [-0.2, -0.15) is 21.9 Å². The second kappa shape index (κ2) is 15.9. The first-order valence-corrected chi connectivity index (χ1v) is 13.9. The lowest BCUT2D eigenvalue weighted by Crippen LogP contribution is -2.27. The van der Waals surface area contributed by atoms with Crippen LogP contribution in [-0.2, 0) is 49.7 Å². The van der Waals surface area contributed by atoms with Gasteiger partial charge in [-0.25, -0.2) is 23.1 Å². The number of rotatable bonds is 10. The predicted octanol–water partition coefficient (Wildman–Crippen LogP) is 2.52. The van der Waals surface area contributed by atoms with Crippen molar-refractivity contribution in [1.82, 2.24) is 29.0 Å². The highest BCUT2D eigenvalue weighted by molar-refractivity contribution is 7.51. The number of fused-ring (bicyclic) bond motifs is 2. The average Bonchev–Trinajstić information content (AvgIpc) is 3.67. The van der Waals surface area contributed by atoms with Gasteiger partial charge in [0.2, 0.25) is 5.95 Å². The number of hydrogen-bond donors (Lipinski definition) is 1. The van der Waals surface area contributed by atoms with E-state index >= 15 is 0 Å². The molecule has 0 unspecified atom stereocenters. The first-order valence-electron chi connectivity index (χ1n) is 12.5. The van der Waals surface area contributed by atoms with Gasteiger partial charge in [-0.05, 0) is 25.1 Å². The van der Waals surface area contributed by atoms with Crippen LogP contribution in [0.4, 0.5) is 19.1 Å². The Balaban J connectivity index is 0.000000745. The molecule has 0 radical (unpaired) electrons. The monoisotopic (exact) mass is 627 g/mol. The summed E-state index contributed by atoms with van der Waals surface area (Å²) in [5.41, 5.74) is 5.12. The lowest BCUT2D eigenvalue weighted by atomic mass is 10.0. The highest BCUT2D eigenvalue weighted by atomic mass is 32.1. The lowest BCUT2D eigenvalue weighted by molar-refractivity contribution is 0.219. The summed E-state index contributed by atoms with van der Waals surface area (Å²) in [6.45, 7) is 2.04. The van der Waals surface area contributed by atoms with Crippen LogP contribution in [0.1, 0.15) is 22.5 Å². The molecule has 0 fully saturated rings.